The van der Waals surface area contributed by atoms with Gasteiger partial charge in [0.15, 0.2) is 0 Å². The minimum atomic E-state index is 0.760. The lowest BCUT2D eigenvalue weighted by Crippen LogP contribution is -2.23. The molecule has 66 valence electrons. The standard InChI is InChI=1S/C8H15N.C2H6/c1-3-9-5-7-4-8(7,2)6-9;1-2/h7H,3-6H2,1-2H3;1-2H3/t7-,8?;/m1./s1. The Kier molecular flexibility index (Phi) is 2.58. The van der Waals surface area contributed by atoms with E-state index in [-0.39, 0.29) is 0 Å². The number of piperidine rings is 1. The largest absolute Gasteiger partial charge is 0.303 e. The number of likely N-dealkylation sites (tertiary alicyclic amines) is 1. The van der Waals surface area contributed by atoms with Gasteiger partial charge in [-0.2, -0.15) is 0 Å². The van der Waals surface area contributed by atoms with Crippen LogP contribution in [0.4, 0.5) is 0 Å². The Morgan fingerprint density at radius 2 is 2.09 bits per heavy atom. The summed E-state index contributed by atoms with van der Waals surface area (Å²) < 4.78 is 0. The van der Waals surface area contributed by atoms with E-state index in [1.54, 1.807) is 0 Å². The van der Waals surface area contributed by atoms with E-state index in [0.717, 1.165) is 11.3 Å². The number of fused-ring (bicyclic) bond motifs is 1. The summed E-state index contributed by atoms with van der Waals surface area (Å²) in [6, 6.07) is 0. The molecule has 1 heterocycles. The quantitative estimate of drug-likeness (QED) is 0.562. The van der Waals surface area contributed by atoms with Crippen LogP contribution in [-0.2, 0) is 0 Å². The zero-order valence-electron chi connectivity index (χ0n) is 8.35. The topological polar surface area (TPSA) is 3.24 Å². The van der Waals surface area contributed by atoms with E-state index in [2.05, 4.69) is 18.7 Å². The van der Waals surface area contributed by atoms with Gasteiger partial charge in [0.05, 0.1) is 0 Å². The van der Waals surface area contributed by atoms with Gasteiger partial charge >= 0.3 is 0 Å². The number of rotatable bonds is 1. The monoisotopic (exact) mass is 155 g/mol. The van der Waals surface area contributed by atoms with E-state index in [1.807, 2.05) is 13.8 Å². The lowest BCUT2D eigenvalue weighted by atomic mass is 10.1. The van der Waals surface area contributed by atoms with Crippen molar-refractivity contribution in [2.24, 2.45) is 11.3 Å². The highest BCUT2D eigenvalue weighted by Gasteiger charge is 2.55. The van der Waals surface area contributed by atoms with Crippen LogP contribution in [0.5, 0.6) is 0 Å². The molecule has 1 unspecified atom stereocenters. The van der Waals surface area contributed by atoms with Gasteiger partial charge in [-0.25, -0.2) is 0 Å². The molecule has 1 aliphatic carbocycles. The molecule has 0 N–H and O–H groups in total. The van der Waals surface area contributed by atoms with Crippen LogP contribution in [0.1, 0.15) is 34.1 Å². The second-order valence-corrected chi connectivity index (χ2v) is 3.88. The zero-order valence-corrected chi connectivity index (χ0v) is 8.35. The lowest BCUT2D eigenvalue weighted by Gasteiger charge is -2.15. The molecule has 1 heteroatoms. The van der Waals surface area contributed by atoms with Crippen LogP contribution < -0.4 is 0 Å². The summed E-state index contributed by atoms with van der Waals surface area (Å²) in [5.41, 5.74) is 0.760. The molecule has 0 bridgehead atoms. The molecule has 0 spiro atoms. The Hall–Kier alpha value is -0.0400. The van der Waals surface area contributed by atoms with E-state index < -0.39 is 0 Å². The van der Waals surface area contributed by atoms with Crippen molar-refractivity contribution in [1.82, 2.24) is 4.90 Å². The summed E-state index contributed by atoms with van der Waals surface area (Å²) in [6.45, 7) is 12.7. The first-order chi connectivity index (χ1) is 5.24. The summed E-state index contributed by atoms with van der Waals surface area (Å²) >= 11 is 0. The Bertz CT molecular complexity index is 133. The third kappa shape index (κ3) is 1.58. The SMILES string of the molecule is CC.CCN1C[C@H]2CC2(C)C1. The van der Waals surface area contributed by atoms with Crippen molar-refractivity contribution in [2.45, 2.75) is 34.1 Å². The maximum atomic E-state index is 2.56. The van der Waals surface area contributed by atoms with Crippen molar-refractivity contribution in [1.29, 1.82) is 0 Å². The average molecular weight is 155 g/mol. The number of nitrogens with zero attached hydrogens (tertiary/aromatic N) is 1. The summed E-state index contributed by atoms with van der Waals surface area (Å²) in [4.78, 5) is 2.56. The van der Waals surface area contributed by atoms with Crippen LogP contribution in [0.3, 0.4) is 0 Å². The van der Waals surface area contributed by atoms with Gasteiger partial charge in [-0.15, -0.1) is 0 Å². The first-order valence-corrected chi connectivity index (χ1v) is 4.97. The summed E-state index contributed by atoms with van der Waals surface area (Å²) in [6.07, 6.45) is 1.50. The Morgan fingerprint density at radius 3 is 2.36 bits per heavy atom. The molecule has 1 saturated carbocycles. The first-order valence-electron chi connectivity index (χ1n) is 4.97. The second kappa shape index (κ2) is 3.14. The molecule has 1 aliphatic heterocycles. The van der Waals surface area contributed by atoms with Crippen LogP contribution in [0, 0.1) is 11.3 Å². The highest BCUT2D eigenvalue weighted by molar-refractivity contribution is 5.06. The van der Waals surface area contributed by atoms with Crippen LogP contribution in [0.15, 0.2) is 0 Å². The van der Waals surface area contributed by atoms with Crippen molar-refractivity contribution in [2.75, 3.05) is 19.6 Å². The first kappa shape index (κ1) is 9.05. The molecule has 2 aliphatic rings. The molecule has 0 radical (unpaired) electrons. The molecule has 1 saturated heterocycles. The van der Waals surface area contributed by atoms with E-state index >= 15 is 0 Å². The van der Waals surface area contributed by atoms with Crippen LogP contribution in [0.2, 0.25) is 0 Å². The number of hydrogen-bond acceptors (Lipinski definition) is 1. The molecule has 1 nitrogen and oxygen atoms in total. The minimum absolute atomic E-state index is 0.760. The minimum Gasteiger partial charge on any atom is -0.303 e. The van der Waals surface area contributed by atoms with Gasteiger partial charge in [-0.1, -0.05) is 27.7 Å². The molecular weight excluding hydrogens is 134 g/mol. The van der Waals surface area contributed by atoms with Gasteiger partial charge in [-0.3, -0.25) is 0 Å². The Morgan fingerprint density at radius 1 is 1.45 bits per heavy atom. The van der Waals surface area contributed by atoms with Gasteiger partial charge in [0, 0.05) is 13.1 Å². The molecule has 11 heavy (non-hydrogen) atoms. The van der Waals surface area contributed by atoms with Crippen LogP contribution in [0.25, 0.3) is 0 Å². The lowest BCUT2D eigenvalue weighted by molar-refractivity contribution is 0.301. The van der Waals surface area contributed by atoms with E-state index in [0.29, 0.717) is 0 Å². The fourth-order valence-electron chi connectivity index (χ4n) is 2.11. The predicted molar refractivity (Wildman–Crippen MR) is 49.7 cm³/mol. The summed E-state index contributed by atoms with van der Waals surface area (Å²) in [7, 11) is 0. The van der Waals surface area contributed by atoms with Gasteiger partial charge in [0.25, 0.3) is 0 Å². The molecular formula is C10H21N. The Labute approximate surface area is 70.8 Å². The molecule has 0 aromatic heterocycles. The fourth-order valence-corrected chi connectivity index (χ4v) is 2.11. The third-order valence-electron chi connectivity index (χ3n) is 3.05. The van der Waals surface area contributed by atoms with E-state index in [4.69, 9.17) is 0 Å². The maximum absolute atomic E-state index is 2.56. The van der Waals surface area contributed by atoms with Crippen molar-refractivity contribution >= 4 is 0 Å². The summed E-state index contributed by atoms with van der Waals surface area (Å²) in [5, 5.41) is 0. The van der Waals surface area contributed by atoms with Gasteiger partial charge in [0.2, 0.25) is 0 Å². The Balaban J connectivity index is 0.000000281. The van der Waals surface area contributed by atoms with Crippen molar-refractivity contribution in [3.63, 3.8) is 0 Å². The highest BCUT2D eigenvalue weighted by atomic mass is 15.2. The molecule has 2 fully saturated rings. The molecule has 2 atom stereocenters. The van der Waals surface area contributed by atoms with Crippen molar-refractivity contribution in [3.05, 3.63) is 0 Å². The smallest absolute Gasteiger partial charge is 0.00386 e. The van der Waals surface area contributed by atoms with Gasteiger partial charge < -0.3 is 4.90 Å². The fraction of sp³-hybridized carbons (Fsp3) is 1.00. The molecule has 2 rings (SSSR count). The van der Waals surface area contributed by atoms with Gasteiger partial charge in [0.1, 0.15) is 0 Å². The average Bonchev–Trinajstić information content (AvgIpc) is 2.55. The normalized spacial score (nSPS) is 40.9. The molecule has 0 aromatic carbocycles. The second-order valence-electron chi connectivity index (χ2n) is 3.88. The third-order valence-corrected chi connectivity index (χ3v) is 3.05. The highest BCUT2D eigenvalue weighted by Crippen LogP contribution is 2.56. The number of hydrogen-bond donors (Lipinski definition) is 0. The van der Waals surface area contributed by atoms with Crippen molar-refractivity contribution in [3.8, 4) is 0 Å². The van der Waals surface area contributed by atoms with Crippen molar-refractivity contribution < 1.29 is 0 Å². The summed E-state index contributed by atoms with van der Waals surface area (Å²) in [5.74, 6) is 1.07. The van der Waals surface area contributed by atoms with Crippen LogP contribution >= 0.6 is 0 Å². The predicted octanol–water partition coefficient (Wildman–Crippen LogP) is 2.37. The zero-order chi connectivity index (χ0) is 8.48. The van der Waals surface area contributed by atoms with E-state index in [1.165, 1.54) is 26.1 Å². The van der Waals surface area contributed by atoms with Crippen LogP contribution in [-0.4, -0.2) is 24.5 Å². The maximum Gasteiger partial charge on any atom is 0.00386 e. The van der Waals surface area contributed by atoms with E-state index in [9.17, 15) is 0 Å². The molecule has 0 aromatic rings. The molecule has 0 amide bonds. The van der Waals surface area contributed by atoms with Gasteiger partial charge in [-0.05, 0) is 24.3 Å².